The molecule has 0 bridgehead atoms. The number of fused-ring (bicyclic) bond motifs is 1. The Morgan fingerprint density at radius 1 is 1.29 bits per heavy atom. The molecule has 3 aromatic rings. The number of aromatic nitrogens is 3. The monoisotopic (exact) mass is 440 g/mol. The molecule has 1 fully saturated rings. The molecule has 6 nitrogen and oxygen atoms in total. The molecule has 1 amide bonds. The predicted molar refractivity (Wildman–Crippen MR) is 123 cm³/mol. The van der Waals surface area contributed by atoms with Crippen LogP contribution in [0.15, 0.2) is 36.5 Å². The summed E-state index contributed by atoms with van der Waals surface area (Å²) in [6, 6.07) is 9.48. The molecule has 1 aromatic carbocycles. The van der Waals surface area contributed by atoms with Gasteiger partial charge in [0.05, 0.1) is 18.7 Å². The minimum absolute atomic E-state index is 0.0590. The maximum Gasteiger partial charge on any atom is 0.254 e. The number of rotatable bonds is 7. The van der Waals surface area contributed by atoms with Crippen molar-refractivity contribution in [2.24, 2.45) is 5.92 Å². The molecule has 0 atom stereocenters. The van der Waals surface area contributed by atoms with Crippen molar-refractivity contribution in [2.75, 3.05) is 13.7 Å². The molecule has 1 aliphatic rings. The third-order valence-electron chi connectivity index (χ3n) is 5.82. The van der Waals surface area contributed by atoms with Crippen LogP contribution in [0, 0.1) is 5.92 Å². The number of hydrogen-bond acceptors (Lipinski definition) is 4. The number of amides is 1. The number of methoxy groups -OCH3 is 1. The van der Waals surface area contributed by atoms with Crippen molar-refractivity contribution in [2.45, 2.75) is 52.1 Å². The van der Waals surface area contributed by atoms with E-state index in [1.54, 1.807) is 25.3 Å². The van der Waals surface area contributed by atoms with Crippen LogP contribution in [-0.2, 0) is 6.54 Å². The van der Waals surface area contributed by atoms with Gasteiger partial charge < -0.3 is 14.2 Å². The minimum atomic E-state index is -0.0590. The fourth-order valence-corrected chi connectivity index (χ4v) is 4.70. The molecule has 0 aliphatic heterocycles. The summed E-state index contributed by atoms with van der Waals surface area (Å²) in [7, 11) is 1.56. The number of carbonyl (C=O) groups is 1. The van der Waals surface area contributed by atoms with Gasteiger partial charge in [0.25, 0.3) is 5.91 Å². The highest BCUT2D eigenvalue weighted by molar-refractivity contribution is 6.32. The molecule has 0 saturated heterocycles. The molecule has 7 heteroatoms. The summed E-state index contributed by atoms with van der Waals surface area (Å²) in [4.78, 5) is 24.8. The van der Waals surface area contributed by atoms with E-state index >= 15 is 0 Å². The Bertz CT molecular complexity index is 1070. The maximum atomic E-state index is 13.5. The highest BCUT2D eigenvalue weighted by Gasteiger charge is 2.26. The third-order valence-corrected chi connectivity index (χ3v) is 6.11. The second kappa shape index (κ2) is 9.27. The number of halogens is 1. The second-order valence-corrected chi connectivity index (χ2v) is 9.02. The van der Waals surface area contributed by atoms with E-state index in [1.165, 1.54) is 12.8 Å². The molecule has 0 spiro atoms. The molecule has 4 rings (SSSR count). The summed E-state index contributed by atoms with van der Waals surface area (Å²) in [6.45, 7) is 5.29. The number of carbonyl (C=O) groups excluding carboxylic acids is 1. The van der Waals surface area contributed by atoms with E-state index in [1.807, 2.05) is 23.2 Å². The van der Waals surface area contributed by atoms with Crippen LogP contribution in [0.1, 0.15) is 61.8 Å². The number of benzene rings is 1. The molecule has 0 N–H and O–H groups in total. The number of nitrogens with zero attached hydrogens (tertiary/aromatic N) is 4. The highest BCUT2D eigenvalue weighted by Crippen LogP contribution is 2.33. The molecule has 0 unspecified atom stereocenters. The van der Waals surface area contributed by atoms with Gasteiger partial charge in [0.1, 0.15) is 17.1 Å². The number of hydrogen-bond donors (Lipinski definition) is 0. The largest absolute Gasteiger partial charge is 0.495 e. The van der Waals surface area contributed by atoms with Crippen molar-refractivity contribution in [3.05, 3.63) is 52.9 Å². The van der Waals surface area contributed by atoms with Crippen LogP contribution in [0.5, 0.6) is 5.75 Å². The van der Waals surface area contributed by atoms with Crippen molar-refractivity contribution < 1.29 is 9.53 Å². The first-order valence-electron chi connectivity index (χ1n) is 10.9. The van der Waals surface area contributed by atoms with Gasteiger partial charge in [-0.3, -0.25) is 4.79 Å². The predicted octanol–water partition coefficient (Wildman–Crippen LogP) is 5.51. The second-order valence-electron chi connectivity index (χ2n) is 8.61. The van der Waals surface area contributed by atoms with Crippen molar-refractivity contribution in [3.8, 4) is 5.75 Å². The van der Waals surface area contributed by atoms with Crippen molar-refractivity contribution >= 4 is 28.7 Å². The van der Waals surface area contributed by atoms with Gasteiger partial charge in [-0.2, -0.15) is 0 Å². The first-order valence-corrected chi connectivity index (χ1v) is 11.3. The van der Waals surface area contributed by atoms with E-state index in [2.05, 4.69) is 23.4 Å². The highest BCUT2D eigenvalue weighted by atomic mass is 35.5. The van der Waals surface area contributed by atoms with E-state index < -0.39 is 0 Å². The zero-order valence-corrected chi connectivity index (χ0v) is 19.1. The fraction of sp³-hybridized carbons (Fsp3) is 0.458. The van der Waals surface area contributed by atoms with Crippen LogP contribution in [0.2, 0.25) is 5.02 Å². The van der Waals surface area contributed by atoms with E-state index in [9.17, 15) is 4.79 Å². The van der Waals surface area contributed by atoms with Crippen molar-refractivity contribution in [1.82, 2.24) is 19.4 Å². The van der Waals surface area contributed by atoms with E-state index in [0.29, 0.717) is 41.4 Å². The zero-order chi connectivity index (χ0) is 22.0. The fourth-order valence-electron chi connectivity index (χ4n) is 4.45. The van der Waals surface area contributed by atoms with Gasteiger partial charge in [0.2, 0.25) is 0 Å². The standard InChI is InChI=1S/C24H29ClN4O2/c1-16(2)14-28(24(30)17-10-11-21(31-3)19(25)13-17)15-22-27-20-9-6-12-26-23(20)29(22)18-7-4-5-8-18/h6,9-13,16,18H,4-5,7-8,14-15H2,1-3H3. The van der Waals surface area contributed by atoms with Gasteiger partial charge in [-0.1, -0.05) is 38.3 Å². The topological polar surface area (TPSA) is 60.2 Å². The van der Waals surface area contributed by atoms with E-state index in [0.717, 1.165) is 29.8 Å². The van der Waals surface area contributed by atoms with E-state index in [4.69, 9.17) is 21.3 Å². The Morgan fingerprint density at radius 3 is 2.74 bits per heavy atom. The summed E-state index contributed by atoms with van der Waals surface area (Å²) in [5, 5.41) is 0.431. The lowest BCUT2D eigenvalue weighted by Crippen LogP contribution is -2.35. The van der Waals surface area contributed by atoms with Crippen molar-refractivity contribution in [3.63, 3.8) is 0 Å². The quantitative estimate of drug-likeness (QED) is 0.486. The van der Waals surface area contributed by atoms with Crippen molar-refractivity contribution in [1.29, 1.82) is 0 Å². The van der Waals surface area contributed by atoms with Gasteiger partial charge >= 0.3 is 0 Å². The Morgan fingerprint density at radius 2 is 2.06 bits per heavy atom. The molecule has 0 radical (unpaired) electrons. The Hall–Kier alpha value is -2.60. The van der Waals surface area contributed by atoms with Crippen LogP contribution < -0.4 is 4.74 Å². The van der Waals surface area contributed by atoms with Gasteiger partial charge in [-0.05, 0) is 49.1 Å². The summed E-state index contributed by atoms with van der Waals surface area (Å²) in [5.74, 6) is 1.72. The molecular formula is C24H29ClN4O2. The molecule has 2 heterocycles. The first kappa shape index (κ1) is 21.6. The van der Waals surface area contributed by atoms with Crippen LogP contribution >= 0.6 is 11.6 Å². The summed E-state index contributed by atoms with van der Waals surface area (Å²) >= 11 is 6.29. The van der Waals surface area contributed by atoms with Crippen LogP contribution in [0.4, 0.5) is 0 Å². The molecule has 2 aromatic heterocycles. The van der Waals surface area contributed by atoms with Crippen LogP contribution in [0.25, 0.3) is 11.2 Å². The van der Waals surface area contributed by atoms with Crippen LogP contribution in [0.3, 0.4) is 0 Å². The third kappa shape index (κ3) is 4.54. The first-order chi connectivity index (χ1) is 15.0. The number of imidazole rings is 1. The number of ether oxygens (including phenoxy) is 1. The summed E-state index contributed by atoms with van der Waals surface area (Å²) < 4.78 is 7.50. The molecule has 1 saturated carbocycles. The minimum Gasteiger partial charge on any atom is -0.495 e. The van der Waals surface area contributed by atoms with Gasteiger partial charge in [0, 0.05) is 24.3 Å². The maximum absolute atomic E-state index is 13.5. The average Bonchev–Trinajstić information content (AvgIpc) is 3.39. The SMILES string of the molecule is COc1ccc(C(=O)N(Cc2nc3cccnc3n2C2CCCC2)CC(C)C)cc1Cl. The smallest absolute Gasteiger partial charge is 0.254 e. The van der Waals surface area contributed by atoms with E-state index in [-0.39, 0.29) is 5.91 Å². The lowest BCUT2D eigenvalue weighted by atomic mass is 10.1. The van der Waals surface area contributed by atoms with Crippen LogP contribution in [-0.4, -0.2) is 39.0 Å². The zero-order valence-electron chi connectivity index (χ0n) is 18.3. The summed E-state index contributed by atoms with van der Waals surface area (Å²) in [5.41, 5.74) is 2.34. The lowest BCUT2D eigenvalue weighted by molar-refractivity contribution is 0.0715. The summed E-state index contributed by atoms with van der Waals surface area (Å²) in [6.07, 6.45) is 6.50. The Labute approximate surface area is 188 Å². The molecule has 164 valence electrons. The van der Waals surface area contributed by atoms with Gasteiger partial charge in [-0.25, -0.2) is 9.97 Å². The van der Waals surface area contributed by atoms with Gasteiger partial charge in [0.15, 0.2) is 5.65 Å². The lowest BCUT2D eigenvalue weighted by Gasteiger charge is -2.26. The normalized spacial score (nSPS) is 14.5. The van der Waals surface area contributed by atoms with Gasteiger partial charge in [-0.15, -0.1) is 0 Å². The Kier molecular flexibility index (Phi) is 6.46. The average molecular weight is 441 g/mol. The Balaban J connectivity index is 1.70. The molecule has 31 heavy (non-hydrogen) atoms. The number of pyridine rings is 1. The molecule has 1 aliphatic carbocycles. The molecular weight excluding hydrogens is 412 g/mol.